The fraction of sp³-hybridized carbons (Fsp3) is 0.522. The molecular weight excluding hydrogens is 426 g/mol. The highest BCUT2D eigenvalue weighted by Gasteiger charge is 2.38. The Morgan fingerprint density at radius 2 is 1.79 bits per heavy atom. The van der Waals surface area contributed by atoms with E-state index in [9.17, 15) is 14.4 Å². The molecule has 178 valence electrons. The maximum Gasteiger partial charge on any atom is 0.411 e. The van der Waals surface area contributed by atoms with Crippen LogP contribution in [0.2, 0.25) is 0 Å². The molecule has 3 N–H and O–H groups in total. The van der Waals surface area contributed by atoms with Crippen molar-refractivity contribution in [2.45, 2.75) is 70.4 Å². The number of nitrogens with one attached hydrogen (secondary N) is 3. The first kappa shape index (κ1) is 24.2. The zero-order valence-electron chi connectivity index (χ0n) is 19.1. The fourth-order valence-corrected chi connectivity index (χ4v) is 4.01. The lowest BCUT2D eigenvalue weighted by molar-refractivity contribution is -0.122. The van der Waals surface area contributed by atoms with Crippen LogP contribution in [0.25, 0.3) is 0 Å². The number of methoxy groups -OCH3 is 1. The first-order chi connectivity index (χ1) is 15.9. The molecule has 0 saturated heterocycles. The number of hydrogen-bond acceptors (Lipinski definition) is 7. The number of aromatic nitrogens is 2. The van der Waals surface area contributed by atoms with Crippen LogP contribution < -0.4 is 16.0 Å². The minimum absolute atomic E-state index is 0.114. The predicted molar refractivity (Wildman–Crippen MR) is 120 cm³/mol. The summed E-state index contributed by atoms with van der Waals surface area (Å²) >= 11 is 0. The standard InChI is InChI=1S/C23H31N5O5/c1-16(29)27-23(13-5-3-4-6-14-23)21-26-20(33-28-21)12-11-19(30)24-15-17-7-9-18(10-8-17)25-22(31)32-2/h7-10H,3-6,11-15H2,1-2H3,(H,24,30)(H,25,31)(H,27,29). The van der Waals surface area contributed by atoms with Crippen molar-refractivity contribution < 1.29 is 23.6 Å². The zero-order valence-corrected chi connectivity index (χ0v) is 19.1. The van der Waals surface area contributed by atoms with E-state index in [-0.39, 0.29) is 18.2 Å². The van der Waals surface area contributed by atoms with Gasteiger partial charge in [0.25, 0.3) is 0 Å². The van der Waals surface area contributed by atoms with Crippen LogP contribution in [-0.4, -0.2) is 35.2 Å². The Morgan fingerprint density at radius 1 is 1.09 bits per heavy atom. The Bertz CT molecular complexity index is 948. The molecule has 0 unspecified atom stereocenters. The molecule has 1 heterocycles. The van der Waals surface area contributed by atoms with Crippen molar-refractivity contribution in [2.75, 3.05) is 12.4 Å². The van der Waals surface area contributed by atoms with Gasteiger partial charge < -0.3 is 19.9 Å². The van der Waals surface area contributed by atoms with E-state index in [0.29, 0.717) is 30.4 Å². The van der Waals surface area contributed by atoms with Gasteiger partial charge in [0.1, 0.15) is 5.54 Å². The Kier molecular flexibility index (Phi) is 8.39. The molecule has 2 aromatic rings. The SMILES string of the molecule is COC(=O)Nc1ccc(CNC(=O)CCc2nc(C3(NC(C)=O)CCCCCC3)no2)cc1. The quantitative estimate of drug-likeness (QED) is 0.518. The molecule has 1 fully saturated rings. The Balaban J connectivity index is 1.50. The van der Waals surface area contributed by atoms with E-state index in [4.69, 9.17) is 4.52 Å². The van der Waals surface area contributed by atoms with Crippen LogP contribution in [0.1, 0.15) is 69.1 Å². The third-order valence-corrected chi connectivity index (χ3v) is 5.71. The summed E-state index contributed by atoms with van der Waals surface area (Å²) in [6, 6.07) is 7.09. The molecule has 0 spiro atoms. The summed E-state index contributed by atoms with van der Waals surface area (Å²) in [5, 5.41) is 12.6. The predicted octanol–water partition coefficient (Wildman–Crippen LogP) is 3.18. The topological polar surface area (TPSA) is 135 Å². The van der Waals surface area contributed by atoms with Crippen LogP contribution in [0.5, 0.6) is 0 Å². The second kappa shape index (κ2) is 11.4. The molecule has 1 aromatic heterocycles. The van der Waals surface area contributed by atoms with E-state index in [1.54, 1.807) is 12.1 Å². The second-order valence-electron chi connectivity index (χ2n) is 8.28. The average Bonchev–Trinajstić information content (AvgIpc) is 3.17. The van der Waals surface area contributed by atoms with E-state index in [2.05, 4.69) is 30.8 Å². The Labute approximate surface area is 192 Å². The van der Waals surface area contributed by atoms with Gasteiger partial charge in [-0.15, -0.1) is 0 Å². The van der Waals surface area contributed by atoms with Crippen LogP contribution in [0.4, 0.5) is 10.5 Å². The van der Waals surface area contributed by atoms with Crippen LogP contribution in [0.15, 0.2) is 28.8 Å². The molecule has 33 heavy (non-hydrogen) atoms. The lowest BCUT2D eigenvalue weighted by atomic mass is 9.89. The number of anilines is 1. The van der Waals surface area contributed by atoms with E-state index in [1.807, 2.05) is 12.1 Å². The summed E-state index contributed by atoms with van der Waals surface area (Å²) < 4.78 is 9.94. The molecule has 0 radical (unpaired) electrons. The molecule has 10 heteroatoms. The smallest absolute Gasteiger partial charge is 0.411 e. The van der Waals surface area contributed by atoms with Crippen molar-refractivity contribution in [1.29, 1.82) is 0 Å². The van der Waals surface area contributed by atoms with E-state index >= 15 is 0 Å². The average molecular weight is 458 g/mol. The number of nitrogens with zero attached hydrogens (tertiary/aromatic N) is 2. The molecule has 0 atom stereocenters. The van der Waals surface area contributed by atoms with Gasteiger partial charge in [0.2, 0.25) is 17.7 Å². The van der Waals surface area contributed by atoms with Gasteiger partial charge in [0, 0.05) is 32.0 Å². The number of carbonyl (C=O) groups excluding carboxylic acids is 3. The maximum absolute atomic E-state index is 12.3. The molecule has 1 aliphatic carbocycles. The first-order valence-electron chi connectivity index (χ1n) is 11.2. The fourth-order valence-electron chi connectivity index (χ4n) is 4.01. The van der Waals surface area contributed by atoms with E-state index in [1.165, 1.54) is 14.0 Å². The lowest BCUT2D eigenvalue weighted by Crippen LogP contribution is -2.45. The summed E-state index contributed by atoms with van der Waals surface area (Å²) in [4.78, 5) is 39.8. The monoisotopic (exact) mass is 457 g/mol. The number of rotatable bonds is 8. The summed E-state index contributed by atoms with van der Waals surface area (Å²) in [7, 11) is 1.30. The highest BCUT2D eigenvalue weighted by atomic mass is 16.5. The lowest BCUT2D eigenvalue weighted by Gasteiger charge is -2.30. The minimum Gasteiger partial charge on any atom is -0.453 e. The van der Waals surface area contributed by atoms with Crippen LogP contribution in [0.3, 0.4) is 0 Å². The van der Waals surface area contributed by atoms with Crippen molar-refractivity contribution in [3.63, 3.8) is 0 Å². The zero-order chi connectivity index (χ0) is 23.7. The van der Waals surface area contributed by atoms with Gasteiger partial charge in [-0.05, 0) is 30.5 Å². The van der Waals surface area contributed by atoms with Crippen molar-refractivity contribution in [1.82, 2.24) is 20.8 Å². The molecule has 1 aromatic carbocycles. The molecular formula is C23H31N5O5. The van der Waals surface area contributed by atoms with Crippen molar-refractivity contribution in [2.24, 2.45) is 0 Å². The van der Waals surface area contributed by atoms with Gasteiger partial charge >= 0.3 is 6.09 Å². The molecule has 0 bridgehead atoms. The molecule has 3 rings (SSSR count). The van der Waals surface area contributed by atoms with Gasteiger partial charge in [-0.2, -0.15) is 4.98 Å². The number of amides is 3. The van der Waals surface area contributed by atoms with Gasteiger partial charge in [-0.25, -0.2) is 4.79 Å². The first-order valence-corrected chi connectivity index (χ1v) is 11.2. The van der Waals surface area contributed by atoms with Crippen molar-refractivity contribution >= 4 is 23.6 Å². The van der Waals surface area contributed by atoms with E-state index < -0.39 is 11.6 Å². The van der Waals surface area contributed by atoms with Crippen LogP contribution >= 0.6 is 0 Å². The number of hydrogen-bond donors (Lipinski definition) is 3. The number of aryl methyl sites for hydroxylation is 1. The van der Waals surface area contributed by atoms with Gasteiger partial charge in [0.05, 0.1) is 7.11 Å². The van der Waals surface area contributed by atoms with Gasteiger partial charge in [-0.1, -0.05) is 43.0 Å². The largest absolute Gasteiger partial charge is 0.453 e. The van der Waals surface area contributed by atoms with Crippen molar-refractivity contribution in [3.05, 3.63) is 41.5 Å². The highest BCUT2D eigenvalue weighted by Crippen LogP contribution is 2.34. The van der Waals surface area contributed by atoms with Crippen LogP contribution in [0, 0.1) is 0 Å². The molecule has 10 nitrogen and oxygen atoms in total. The summed E-state index contributed by atoms with van der Waals surface area (Å²) in [5.74, 6) is 0.623. The summed E-state index contributed by atoms with van der Waals surface area (Å²) in [6.45, 7) is 1.86. The molecule has 0 aliphatic heterocycles. The van der Waals surface area contributed by atoms with Gasteiger partial charge in [0.15, 0.2) is 5.82 Å². The third kappa shape index (κ3) is 7.03. The number of ether oxygens (including phenoxy) is 1. The molecule has 1 aliphatic rings. The second-order valence-corrected chi connectivity index (χ2v) is 8.28. The molecule has 1 saturated carbocycles. The van der Waals surface area contributed by atoms with Crippen molar-refractivity contribution in [3.8, 4) is 0 Å². The van der Waals surface area contributed by atoms with Gasteiger partial charge in [-0.3, -0.25) is 14.9 Å². The normalized spacial score (nSPS) is 15.2. The third-order valence-electron chi connectivity index (χ3n) is 5.71. The summed E-state index contributed by atoms with van der Waals surface area (Å²) in [6.07, 6.45) is 5.77. The Hall–Kier alpha value is -3.43. The minimum atomic E-state index is -0.596. The van der Waals surface area contributed by atoms with E-state index in [0.717, 1.165) is 44.1 Å². The molecule has 3 amide bonds. The van der Waals surface area contributed by atoms with Crippen LogP contribution in [-0.2, 0) is 32.8 Å². The highest BCUT2D eigenvalue weighted by molar-refractivity contribution is 5.84. The number of carbonyl (C=O) groups is 3. The number of benzene rings is 1. The Morgan fingerprint density at radius 3 is 2.42 bits per heavy atom. The maximum atomic E-state index is 12.3. The summed E-state index contributed by atoms with van der Waals surface area (Å²) in [5.41, 5.74) is 0.903.